The van der Waals surface area contributed by atoms with Gasteiger partial charge in [-0.2, -0.15) is 5.10 Å². The quantitative estimate of drug-likeness (QED) is 0.897. The lowest BCUT2D eigenvalue weighted by Gasteiger charge is -2.17. The van der Waals surface area contributed by atoms with Crippen molar-refractivity contribution in [3.05, 3.63) is 41.1 Å². The Morgan fingerprint density at radius 1 is 1.14 bits per heavy atom. The molecule has 3 nitrogen and oxygen atoms in total. The summed E-state index contributed by atoms with van der Waals surface area (Å²) >= 11 is 0. The normalized spacial score (nSPS) is 11.9. The van der Waals surface area contributed by atoms with Gasteiger partial charge < -0.3 is 5.11 Å². The second kappa shape index (κ2) is 5.92. The maximum atomic E-state index is 10.6. The van der Waals surface area contributed by atoms with Crippen LogP contribution in [0.3, 0.4) is 0 Å². The first kappa shape index (κ1) is 15.6. The zero-order valence-corrected chi connectivity index (χ0v) is 13.8. The number of nitrogens with zero attached hydrogens (tertiary/aromatic N) is 2. The Bertz CT molecular complexity index is 603. The summed E-state index contributed by atoms with van der Waals surface area (Å²) in [5, 5.41) is 15.3. The second-order valence-corrected chi connectivity index (χ2v) is 6.75. The standard InChI is InChI=1S/C18H26N2O/c1-6-7-8-15-16(18(3,4)5)19-20(17(15)21)14-11-9-13(2)10-12-14/h9-12,21H,6-8H2,1-5H3. The van der Waals surface area contributed by atoms with E-state index < -0.39 is 0 Å². The van der Waals surface area contributed by atoms with Gasteiger partial charge in [-0.3, -0.25) is 0 Å². The summed E-state index contributed by atoms with van der Waals surface area (Å²) in [6, 6.07) is 8.08. The molecule has 1 aromatic heterocycles. The van der Waals surface area contributed by atoms with E-state index in [1.165, 1.54) is 5.56 Å². The van der Waals surface area contributed by atoms with E-state index in [4.69, 9.17) is 5.10 Å². The van der Waals surface area contributed by atoms with Gasteiger partial charge in [0.1, 0.15) is 0 Å². The van der Waals surface area contributed by atoms with Gasteiger partial charge in [0.05, 0.1) is 11.4 Å². The predicted octanol–water partition coefficient (Wildman–Crippen LogP) is 4.53. The zero-order valence-electron chi connectivity index (χ0n) is 13.8. The van der Waals surface area contributed by atoms with Crippen molar-refractivity contribution in [1.82, 2.24) is 9.78 Å². The highest BCUT2D eigenvalue weighted by Gasteiger charge is 2.26. The van der Waals surface area contributed by atoms with Crippen molar-refractivity contribution in [2.24, 2.45) is 0 Å². The van der Waals surface area contributed by atoms with Gasteiger partial charge in [-0.25, -0.2) is 4.68 Å². The summed E-state index contributed by atoms with van der Waals surface area (Å²) in [6.07, 6.45) is 3.05. The molecule has 0 radical (unpaired) electrons. The van der Waals surface area contributed by atoms with E-state index in [9.17, 15) is 5.11 Å². The molecule has 0 atom stereocenters. The smallest absolute Gasteiger partial charge is 0.217 e. The topological polar surface area (TPSA) is 38.0 Å². The van der Waals surface area contributed by atoms with Crippen LogP contribution in [0.2, 0.25) is 0 Å². The number of aromatic nitrogens is 2. The van der Waals surface area contributed by atoms with Crippen molar-refractivity contribution >= 4 is 0 Å². The molecule has 0 aliphatic rings. The Balaban J connectivity index is 2.52. The minimum Gasteiger partial charge on any atom is -0.493 e. The Morgan fingerprint density at radius 2 is 1.76 bits per heavy atom. The van der Waals surface area contributed by atoms with E-state index in [-0.39, 0.29) is 11.3 Å². The maximum Gasteiger partial charge on any atom is 0.217 e. The third-order valence-corrected chi connectivity index (χ3v) is 3.73. The fourth-order valence-corrected chi connectivity index (χ4v) is 2.49. The highest BCUT2D eigenvalue weighted by Crippen LogP contribution is 2.33. The second-order valence-electron chi connectivity index (χ2n) is 6.75. The van der Waals surface area contributed by atoms with Gasteiger partial charge in [-0.1, -0.05) is 51.8 Å². The van der Waals surface area contributed by atoms with Crippen LogP contribution >= 0.6 is 0 Å². The molecule has 0 bridgehead atoms. The van der Waals surface area contributed by atoms with Crippen molar-refractivity contribution in [2.75, 3.05) is 0 Å². The minimum absolute atomic E-state index is 0.0729. The molecule has 0 saturated carbocycles. The van der Waals surface area contributed by atoms with Gasteiger partial charge in [0.15, 0.2) is 0 Å². The summed E-state index contributed by atoms with van der Waals surface area (Å²) in [5.41, 5.74) is 4.02. The van der Waals surface area contributed by atoms with Gasteiger partial charge >= 0.3 is 0 Å². The monoisotopic (exact) mass is 286 g/mol. The van der Waals surface area contributed by atoms with Crippen LogP contribution in [0, 0.1) is 6.92 Å². The molecule has 1 N–H and O–H groups in total. The van der Waals surface area contributed by atoms with Gasteiger partial charge in [-0.15, -0.1) is 0 Å². The van der Waals surface area contributed by atoms with Crippen molar-refractivity contribution in [3.63, 3.8) is 0 Å². The Labute approximate surface area is 127 Å². The molecule has 3 heteroatoms. The Kier molecular flexibility index (Phi) is 4.40. The molecule has 114 valence electrons. The summed E-state index contributed by atoms with van der Waals surface area (Å²) in [5.74, 6) is 0.289. The van der Waals surface area contributed by atoms with Crippen molar-refractivity contribution in [2.45, 2.75) is 59.3 Å². The van der Waals surface area contributed by atoms with E-state index in [1.54, 1.807) is 4.68 Å². The first-order chi connectivity index (χ1) is 9.84. The lowest BCUT2D eigenvalue weighted by Crippen LogP contribution is -2.15. The fourth-order valence-electron chi connectivity index (χ4n) is 2.49. The molecule has 0 aliphatic carbocycles. The highest BCUT2D eigenvalue weighted by atomic mass is 16.3. The molecule has 0 aliphatic heterocycles. The largest absolute Gasteiger partial charge is 0.493 e. The number of hydrogen-bond donors (Lipinski definition) is 1. The number of benzene rings is 1. The highest BCUT2D eigenvalue weighted by molar-refractivity contribution is 5.43. The van der Waals surface area contributed by atoms with Crippen molar-refractivity contribution in [3.8, 4) is 11.6 Å². The molecule has 0 unspecified atom stereocenters. The van der Waals surface area contributed by atoms with E-state index in [1.807, 2.05) is 24.3 Å². The Hall–Kier alpha value is -1.77. The van der Waals surface area contributed by atoms with Gasteiger partial charge in [-0.05, 0) is 31.9 Å². The number of rotatable bonds is 4. The molecule has 0 saturated heterocycles. The molecule has 1 aromatic carbocycles. The molecule has 1 heterocycles. The summed E-state index contributed by atoms with van der Waals surface area (Å²) in [4.78, 5) is 0. The third kappa shape index (κ3) is 3.29. The first-order valence-electron chi connectivity index (χ1n) is 7.73. The van der Waals surface area contributed by atoms with Crippen LogP contribution in [0.5, 0.6) is 5.88 Å². The summed E-state index contributed by atoms with van der Waals surface area (Å²) in [6.45, 7) is 10.6. The number of aryl methyl sites for hydroxylation is 1. The Morgan fingerprint density at radius 3 is 2.29 bits per heavy atom. The average molecular weight is 286 g/mol. The number of aromatic hydroxyl groups is 1. The first-order valence-corrected chi connectivity index (χ1v) is 7.73. The SMILES string of the molecule is CCCCc1c(C(C)(C)C)nn(-c2ccc(C)cc2)c1O. The molecule has 2 rings (SSSR count). The summed E-state index contributed by atoms with van der Waals surface area (Å²) in [7, 11) is 0. The number of hydrogen-bond acceptors (Lipinski definition) is 2. The van der Waals surface area contributed by atoms with Crippen LogP contribution in [0.15, 0.2) is 24.3 Å². The minimum atomic E-state index is -0.0729. The molecular weight excluding hydrogens is 260 g/mol. The molecule has 0 amide bonds. The molecule has 21 heavy (non-hydrogen) atoms. The van der Waals surface area contributed by atoms with Crippen molar-refractivity contribution < 1.29 is 5.11 Å². The average Bonchev–Trinajstić information content (AvgIpc) is 2.74. The van der Waals surface area contributed by atoms with Crippen LogP contribution in [-0.2, 0) is 11.8 Å². The van der Waals surface area contributed by atoms with Crippen LogP contribution in [0.1, 0.15) is 57.4 Å². The molecule has 0 fully saturated rings. The van der Waals surface area contributed by atoms with Gasteiger partial charge in [0.25, 0.3) is 0 Å². The lowest BCUT2D eigenvalue weighted by atomic mass is 9.88. The van der Waals surface area contributed by atoms with Crippen LogP contribution < -0.4 is 0 Å². The predicted molar refractivity (Wildman–Crippen MR) is 87.3 cm³/mol. The van der Waals surface area contributed by atoms with E-state index >= 15 is 0 Å². The van der Waals surface area contributed by atoms with E-state index in [2.05, 4.69) is 34.6 Å². The molecule has 2 aromatic rings. The van der Waals surface area contributed by atoms with Crippen LogP contribution in [-0.4, -0.2) is 14.9 Å². The molecular formula is C18H26N2O. The third-order valence-electron chi connectivity index (χ3n) is 3.73. The van der Waals surface area contributed by atoms with Gasteiger partial charge in [0, 0.05) is 11.0 Å². The molecule has 0 spiro atoms. The van der Waals surface area contributed by atoms with Crippen LogP contribution in [0.25, 0.3) is 5.69 Å². The van der Waals surface area contributed by atoms with E-state index in [0.29, 0.717) is 0 Å². The zero-order chi connectivity index (χ0) is 15.6. The fraction of sp³-hybridized carbons (Fsp3) is 0.500. The maximum absolute atomic E-state index is 10.6. The van der Waals surface area contributed by atoms with Crippen LogP contribution in [0.4, 0.5) is 0 Å². The lowest BCUT2D eigenvalue weighted by molar-refractivity contribution is 0.427. The summed E-state index contributed by atoms with van der Waals surface area (Å²) < 4.78 is 1.67. The van der Waals surface area contributed by atoms with Crippen molar-refractivity contribution in [1.29, 1.82) is 0 Å². The van der Waals surface area contributed by atoms with Gasteiger partial charge in [0.2, 0.25) is 5.88 Å². The van der Waals surface area contributed by atoms with E-state index in [0.717, 1.165) is 36.2 Å². The number of unbranched alkanes of at least 4 members (excludes halogenated alkanes) is 1.